The zero-order valence-corrected chi connectivity index (χ0v) is 15.6. The van der Waals surface area contributed by atoms with Crippen LogP contribution in [0.3, 0.4) is 0 Å². The fraction of sp³-hybridized carbons (Fsp3) is 0.381. The molecule has 5 nitrogen and oxygen atoms in total. The quantitative estimate of drug-likeness (QED) is 0.849. The molecule has 7 heteroatoms. The predicted octanol–water partition coefficient (Wildman–Crippen LogP) is 1.82. The first-order valence-corrected chi connectivity index (χ1v) is 9.32. The van der Waals surface area contributed by atoms with Gasteiger partial charge in [-0.1, -0.05) is 30.3 Å². The molecule has 2 fully saturated rings. The number of amides is 1. The van der Waals surface area contributed by atoms with Gasteiger partial charge in [0.25, 0.3) is 0 Å². The second kappa shape index (κ2) is 7.48. The second-order valence-electron chi connectivity index (χ2n) is 7.46. The number of nitrogens with zero attached hydrogens (tertiary/aromatic N) is 1. The summed E-state index contributed by atoms with van der Waals surface area (Å²) in [6.07, 6.45) is -0.957. The Hall–Kier alpha value is -2.51. The normalized spacial score (nSPS) is 26.8. The molecule has 4 rings (SSSR count). The molecule has 3 unspecified atom stereocenters. The van der Waals surface area contributed by atoms with Gasteiger partial charge in [-0.3, -0.25) is 4.90 Å². The van der Waals surface area contributed by atoms with E-state index in [1.165, 1.54) is 12.1 Å². The Bertz CT molecular complexity index is 840. The Morgan fingerprint density at radius 2 is 1.93 bits per heavy atom. The van der Waals surface area contributed by atoms with E-state index in [1.54, 1.807) is 12.0 Å². The van der Waals surface area contributed by atoms with Crippen LogP contribution in [-0.2, 0) is 21.4 Å². The van der Waals surface area contributed by atoms with Crippen molar-refractivity contribution in [3.63, 3.8) is 0 Å². The SMILES string of the molecule is COCC1(c2cc(F)cc(F)c2)C[NH2+]CC2C1OC(=O)N2Cc1ccccc1. The van der Waals surface area contributed by atoms with E-state index in [9.17, 15) is 13.6 Å². The molecule has 2 heterocycles. The van der Waals surface area contributed by atoms with Gasteiger partial charge in [-0.25, -0.2) is 13.6 Å². The van der Waals surface area contributed by atoms with Crippen molar-refractivity contribution in [3.05, 3.63) is 71.3 Å². The van der Waals surface area contributed by atoms with E-state index >= 15 is 0 Å². The third kappa shape index (κ3) is 3.25. The zero-order chi connectivity index (χ0) is 19.7. The first-order valence-electron chi connectivity index (χ1n) is 9.32. The number of nitrogens with two attached hydrogens (primary N) is 1. The summed E-state index contributed by atoms with van der Waals surface area (Å²) in [6.45, 7) is 1.79. The number of fused-ring (bicyclic) bond motifs is 1. The first kappa shape index (κ1) is 18.8. The van der Waals surface area contributed by atoms with Gasteiger partial charge in [0.15, 0.2) is 0 Å². The van der Waals surface area contributed by atoms with Crippen LogP contribution in [0.15, 0.2) is 48.5 Å². The molecule has 2 N–H and O–H groups in total. The van der Waals surface area contributed by atoms with Crippen LogP contribution in [-0.4, -0.2) is 49.9 Å². The van der Waals surface area contributed by atoms with Gasteiger partial charge in [0.1, 0.15) is 35.7 Å². The lowest BCUT2D eigenvalue weighted by Gasteiger charge is -2.42. The fourth-order valence-corrected chi connectivity index (χ4v) is 4.48. The maximum Gasteiger partial charge on any atom is 0.411 e. The van der Waals surface area contributed by atoms with E-state index in [2.05, 4.69) is 5.32 Å². The standard InChI is InChI=1S/C21H22F2N2O3/c1-27-13-21(15-7-16(22)9-17(23)8-15)12-24-10-18-19(21)28-20(26)25(18)11-14-5-3-2-4-6-14/h2-9,18-19,24H,10-13H2,1H3/p+1. The van der Waals surface area contributed by atoms with Crippen LogP contribution < -0.4 is 5.32 Å². The van der Waals surface area contributed by atoms with Crippen LogP contribution >= 0.6 is 0 Å². The van der Waals surface area contributed by atoms with Crippen molar-refractivity contribution in [1.82, 2.24) is 4.90 Å². The molecule has 0 aliphatic carbocycles. The van der Waals surface area contributed by atoms with Gasteiger partial charge in [0.2, 0.25) is 0 Å². The van der Waals surface area contributed by atoms with Crippen molar-refractivity contribution in [3.8, 4) is 0 Å². The van der Waals surface area contributed by atoms with E-state index in [0.29, 0.717) is 25.2 Å². The molecule has 2 aromatic rings. The van der Waals surface area contributed by atoms with E-state index in [4.69, 9.17) is 9.47 Å². The monoisotopic (exact) mass is 389 g/mol. The molecule has 0 aromatic heterocycles. The van der Waals surface area contributed by atoms with Crippen molar-refractivity contribution < 1.29 is 28.4 Å². The lowest BCUT2D eigenvalue weighted by molar-refractivity contribution is -0.678. The summed E-state index contributed by atoms with van der Waals surface area (Å²) in [5.74, 6) is -1.31. The van der Waals surface area contributed by atoms with Gasteiger partial charge in [0, 0.05) is 19.7 Å². The van der Waals surface area contributed by atoms with Gasteiger partial charge >= 0.3 is 6.09 Å². The maximum absolute atomic E-state index is 14.0. The molecule has 2 aromatic carbocycles. The van der Waals surface area contributed by atoms with E-state index in [-0.39, 0.29) is 12.6 Å². The highest BCUT2D eigenvalue weighted by molar-refractivity contribution is 5.71. The Labute approximate surface area is 162 Å². The highest BCUT2D eigenvalue weighted by atomic mass is 19.1. The summed E-state index contributed by atoms with van der Waals surface area (Å²) >= 11 is 0. The molecule has 2 aliphatic rings. The number of methoxy groups -OCH3 is 1. The molecular formula is C21H23F2N2O3+. The van der Waals surface area contributed by atoms with Crippen molar-refractivity contribution in [2.75, 3.05) is 26.8 Å². The highest BCUT2D eigenvalue weighted by Crippen LogP contribution is 2.39. The summed E-state index contributed by atoms with van der Waals surface area (Å²) in [4.78, 5) is 14.4. The number of hydrogen-bond donors (Lipinski definition) is 1. The molecule has 2 saturated heterocycles. The average molecular weight is 389 g/mol. The van der Waals surface area contributed by atoms with Crippen molar-refractivity contribution in [2.24, 2.45) is 0 Å². The third-order valence-corrected chi connectivity index (χ3v) is 5.71. The van der Waals surface area contributed by atoms with Gasteiger partial charge < -0.3 is 14.8 Å². The van der Waals surface area contributed by atoms with Gasteiger partial charge in [0.05, 0.1) is 13.2 Å². The third-order valence-electron chi connectivity index (χ3n) is 5.71. The molecule has 2 aliphatic heterocycles. The maximum atomic E-state index is 14.0. The summed E-state index contributed by atoms with van der Waals surface area (Å²) in [6, 6.07) is 12.9. The van der Waals surface area contributed by atoms with Crippen LogP contribution in [0.2, 0.25) is 0 Å². The van der Waals surface area contributed by atoms with Crippen LogP contribution in [0.4, 0.5) is 13.6 Å². The Balaban J connectivity index is 1.71. The molecule has 3 atom stereocenters. The number of quaternary nitrogens is 1. The number of halogens is 2. The van der Waals surface area contributed by atoms with Gasteiger partial charge in [-0.05, 0) is 23.3 Å². The van der Waals surface area contributed by atoms with Crippen LogP contribution in [0.5, 0.6) is 0 Å². The average Bonchev–Trinajstić information content (AvgIpc) is 2.99. The molecule has 0 bridgehead atoms. The Morgan fingerprint density at radius 1 is 1.21 bits per heavy atom. The lowest BCUT2D eigenvalue weighted by Crippen LogP contribution is -2.95. The molecular weight excluding hydrogens is 366 g/mol. The second-order valence-corrected chi connectivity index (χ2v) is 7.46. The summed E-state index contributed by atoms with van der Waals surface area (Å²) in [5.41, 5.74) is 0.619. The predicted molar refractivity (Wildman–Crippen MR) is 97.6 cm³/mol. The lowest BCUT2D eigenvalue weighted by atomic mass is 9.71. The minimum Gasteiger partial charge on any atom is -0.442 e. The highest BCUT2D eigenvalue weighted by Gasteiger charge is 2.58. The minimum atomic E-state index is -0.832. The molecule has 0 radical (unpaired) electrons. The minimum absolute atomic E-state index is 0.194. The van der Waals surface area contributed by atoms with E-state index in [0.717, 1.165) is 11.6 Å². The van der Waals surface area contributed by atoms with Crippen LogP contribution in [0.25, 0.3) is 0 Å². The number of rotatable bonds is 5. The van der Waals surface area contributed by atoms with Crippen LogP contribution in [0, 0.1) is 11.6 Å². The summed E-state index contributed by atoms with van der Waals surface area (Å²) < 4.78 is 39.2. The summed E-state index contributed by atoms with van der Waals surface area (Å²) in [5, 5.41) is 2.06. The number of piperidine rings is 1. The number of ether oxygens (including phenoxy) is 2. The topological polar surface area (TPSA) is 55.4 Å². The number of benzene rings is 2. The van der Waals surface area contributed by atoms with Crippen LogP contribution in [0.1, 0.15) is 11.1 Å². The molecule has 148 valence electrons. The summed E-state index contributed by atoms with van der Waals surface area (Å²) in [7, 11) is 1.54. The molecule has 0 saturated carbocycles. The van der Waals surface area contributed by atoms with E-state index < -0.39 is 29.2 Å². The van der Waals surface area contributed by atoms with Crippen molar-refractivity contribution >= 4 is 6.09 Å². The molecule has 28 heavy (non-hydrogen) atoms. The van der Waals surface area contributed by atoms with Gasteiger partial charge in [-0.15, -0.1) is 0 Å². The Kier molecular flexibility index (Phi) is 5.03. The largest absolute Gasteiger partial charge is 0.442 e. The fourth-order valence-electron chi connectivity index (χ4n) is 4.48. The van der Waals surface area contributed by atoms with Crippen molar-refractivity contribution in [1.29, 1.82) is 0 Å². The molecule has 1 amide bonds. The smallest absolute Gasteiger partial charge is 0.411 e. The first-order chi connectivity index (χ1) is 13.5. The number of carbonyl (C=O) groups is 1. The van der Waals surface area contributed by atoms with Gasteiger partial charge in [-0.2, -0.15) is 0 Å². The van der Waals surface area contributed by atoms with E-state index in [1.807, 2.05) is 30.3 Å². The van der Waals surface area contributed by atoms with Crippen molar-refractivity contribution in [2.45, 2.75) is 24.1 Å². The number of carbonyl (C=O) groups excluding carboxylic acids is 1. The number of hydrogen-bond acceptors (Lipinski definition) is 3. The molecule has 0 spiro atoms. The Morgan fingerprint density at radius 3 is 2.61 bits per heavy atom. The zero-order valence-electron chi connectivity index (χ0n) is 15.6.